The number of aliphatic hydroxyl groups is 1. The molecule has 2 heterocycles. The van der Waals surface area contributed by atoms with E-state index in [1.165, 1.54) is 16.6 Å². The summed E-state index contributed by atoms with van der Waals surface area (Å²) in [5.74, 6) is -0.00614. The number of sulfonamides is 1. The summed E-state index contributed by atoms with van der Waals surface area (Å²) in [7, 11) is -1.73. The summed E-state index contributed by atoms with van der Waals surface area (Å²) in [5, 5.41) is 9.24. The van der Waals surface area contributed by atoms with Gasteiger partial charge in [-0.2, -0.15) is 4.31 Å². The normalized spacial score (nSPS) is 18.2. The predicted octanol–water partition coefficient (Wildman–Crippen LogP) is -0.259. The number of aromatic nitrogens is 1. The maximum absolute atomic E-state index is 12.8. The van der Waals surface area contributed by atoms with Gasteiger partial charge in [0.15, 0.2) is 0 Å². The van der Waals surface area contributed by atoms with Crippen LogP contribution in [-0.4, -0.2) is 67.0 Å². The summed E-state index contributed by atoms with van der Waals surface area (Å²) in [5.41, 5.74) is 5.70. The first-order valence-corrected chi connectivity index (χ1v) is 8.42. The summed E-state index contributed by atoms with van der Waals surface area (Å²) >= 11 is 0. The molecule has 0 amide bonds. The number of nitrogens with zero attached hydrogens (tertiary/aromatic N) is 3. The lowest BCUT2D eigenvalue weighted by atomic mass is 10.1. The molecule has 1 fully saturated rings. The Morgan fingerprint density at radius 3 is 2.71 bits per heavy atom. The maximum atomic E-state index is 12.8. The van der Waals surface area contributed by atoms with E-state index in [9.17, 15) is 13.5 Å². The minimum absolute atomic E-state index is 0.00614. The Labute approximate surface area is 125 Å². The number of rotatable bonds is 5. The highest BCUT2D eigenvalue weighted by Crippen LogP contribution is 2.25. The lowest BCUT2D eigenvalue weighted by Crippen LogP contribution is -2.47. The summed E-state index contributed by atoms with van der Waals surface area (Å²) in [4.78, 5) is 6.02. The van der Waals surface area contributed by atoms with Gasteiger partial charge >= 0.3 is 0 Å². The van der Waals surface area contributed by atoms with E-state index < -0.39 is 10.0 Å². The Hall–Kier alpha value is -1.22. The monoisotopic (exact) mass is 314 g/mol. The fourth-order valence-electron chi connectivity index (χ4n) is 2.63. The Morgan fingerprint density at radius 1 is 1.48 bits per heavy atom. The van der Waals surface area contributed by atoms with Crippen molar-refractivity contribution in [1.82, 2.24) is 14.2 Å². The van der Waals surface area contributed by atoms with Crippen molar-refractivity contribution in [2.45, 2.75) is 23.8 Å². The van der Waals surface area contributed by atoms with Gasteiger partial charge in [-0.1, -0.05) is 0 Å². The van der Waals surface area contributed by atoms with Crippen LogP contribution in [0.15, 0.2) is 23.2 Å². The lowest BCUT2D eigenvalue weighted by molar-refractivity contribution is 0.161. The maximum Gasteiger partial charge on any atom is 0.247 e. The van der Waals surface area contributed by atoms with Gasteiger partial charge in [-0.25, -0.2) is 13.4 Å². The van der Waals surface area contributed by atoms with Gasteiger partial charge < -0.3 is 15.7 Å². The van der Waals surface area contributed by atoms with E-state index in [1.807, 2.05) is 7.05 Å². The quantitative estimate of drug-likeness (QED) is 0.777. The van der Waals surface area contributed by atoms with Gasteiger partial charge in [-0.3, -0.25) is 0 Å². The molecule has 0 spiro atoms. The van der Waals surface area contributed by atoms with E-state index >= 15 is 0 Å². The smallest absolute Gasteiger partial charge is 0.247 e. The molecule has 1 aliphatic rings. The molecule has 3 N–H and O–H groups in total. The molecule has 7 nitrogen and oxygen atoms in total. The van der Waals surface area contributed by atoms with E-state index in [0.717, 1.165) is 25.9 Å². The van der Waals surface area contributed by atoms with Gasteiger partial charge in [-0.15, -0.1) is 0 Å². The van der Waals surface area contributed by atoms with Gasteiger partial charge in [0, 0.05) is 18.8 Å². The van der Waals surface area contributed by atoms with Crippen molar-refractivity contribution in [1.29, 1.82) is 0 Å². The van der Waals surface area contributed by atoms with Crippen LogP contribution in [-0.2, 0) is 10.0 Å². The highest BCUT2D eigenvalue weighted by molar-refractivity contribution is 7.89. The van der Waals surface area contributed by atoms with Crippen LogP contribution < -0.4 is 5.73 Å². The molecule has 0 unspecified atom stereocenters. The van der Waals surface area contributed by atoms with E-state index in [1.54, 1.807) is 6.07 Å². The molecular weight excluding hydrogens is 292 g/mol. The van der Waals surface area contributed by atoms with Gasteiger partial charge in [0.25, 0.3) is 0 Å². The van der Waals surface area contributed by atoms with Crippen molar-refractivity contribution in [3.63, 3.8) is 0 Å². The van der Waals surface area contributed by atoms with Crippen LogP contribution in [0.4, 0.5) is 5.82 Å². The van der Waals surface area contributed by atoms with E-state index in [4.69, 9.17) is 5.73 Å². The molecular formula is C13H22N4O3S. The average Bonchev–Trinajstić information content (AvgIpc) is 2.46. The van der Waals surface area contributed by atoms with Gasteiger partial charge in [0.1, 0.15) is 10.7 Å². The third kappa shape index (κ3) is 3.52. The standard InChI is InChI=1S/C13H22N4O3S/c1-16-7-4-11(5-8-16)17(9-10-18)21(19,20)12-3-2-6-15-13(12)14/h2-3,6,11,18H,4-5,7-10H2,1H3,(H2,14,15). The van der Waals surface area contributed by atoms with Crippen LogP contribution in [0.2, 0.25) is 0 Å². The zero-order chi connectivity index (χ0) is 15.5. The number of likely N-dealkylation sites (tertiary alicyclic amines) is 1. The zero-order valence-corrected chi connectivity index (χ0v) is 13.0. The number of nitrogen functional groups attached to an aromatic ring is 1. The van der Waals surface area contributed by atoms with Gasteiger partial charge in [-0.05, 0) is 45.1 Å². The number of piperidine rings is 1. The third-order valence-electron chi connectivity index (χ3n) is 3.80. The molecule has 1 aromatic rings. The van der Waals surface area contributed by atoms with Crippen molar-refractivity contribution < 1.29 is 13.5 Å². The molecule has 0 saturated carbocycles. The van der Waals surface area contributed by atoms with E-state index in [2.05, 4.69) is 9.88 Å². The van der Waals surface area contributed by atoms with Crippen LogP contribution in [0.5, 0.6) is 0 Å². The highest BCUT2D eigenvalue weighted by Gasteiger charge is 2.34. The molecule has 8 heteroatoms. The third-order valence-corrected chi connectivity index (χ3v) is 5.80. The second kappa shape index (κ2) is 6.69. The largest absolute Gasteiger partial charge is 0.395 e. The number of pyridine rings is 1. The minimum Gasteiger partial charge on any atom is -0.395 e. The Morgan fingerprint density at radius 2 is 2.14 bits per heavy atom. The number of hydrogen-bond acceptors (Lipinski definition) is 6. The summed E-state index contributed by atoms with van der Waals surface area (Å²) in [6, 6.07) is 2.89. The fourth-order valence-corrected chi connectivity index (χ4v) is 4.37. The highest BCUT2D eigenvalue weighted by atomic mass is 32.2. The molecule has 1 aromatic heterocycles. The molecule has 0 atom stereocenters. The van der Waals surface area contributed by atoms with E-state index in [0.29, 0.717) is 0 Å². The van der Waals surface area contributed by atoms with Crippen molar-refractivity contribution in [2.24, 2.45) is 0 Å². The number of nitrogens with two attached hydrogens (primary N) is 1. The lowest BCUT2D eigenvalue weighted by Gasteiger charge is -2.36. The molecule has 2 rings (SSSR count). The molecule has 21 heavy (non-hydrogen) atoms. The SMILES string of the molecule is CN1CCC(N(CCO)S(=O)(=O)c2cccnc2N)CC1. The number of hydrogen-bond donors (Lipinski definition) is 2. The Kier molecular flexibility index (Phi) is 5.15. The van der Waals surface area contributed by atoms with Gasteiger partial charge in [0.05, 0.1) is 6.61 Å². The first-order valence-electron chi connectivity index (χ1n) is 6.98. The van der Waals surface area contributed by atoms with Crippen molar-refractivity contribution in [3.05, 3.63) is 18.3 Å². The number of aliphatic hydroxyl groups excluding tert-OH is 1. The van der Waals surface area contributed by atoms with Crippen LogP contribution in [0.3, 0.4) is 0 Å². The predicted molar refractivity (Wildman–Crippen MR) is 80.1 cm³/mol. The van der Waals surface area contributed by atoms with Crippen molar-refractivity contribution in [2.75, 3.05) is 39.0 Å². The van der Waals surface area contributed by atoms with Crippen LogP contribution in [0.1, 0.15) is 12.8 Å². The summed E-state index contributed by atoms with van der Waals surface area (Å²) in [6.07, 6.45) is 2.95. The summed E-state index contributed by atoms with van der Waals surface area (Å²) in [6.45, 7) is 1.53. The van der Waals surface area contributed by atoms with Crippen molar-refractivity contribution in [3.8, 4) is 0 Å². The first-order chi connectivity index (χ1) is 9.96. The molecule has 0 radical (unpaired) electrons. The molecule has 0 aromatic carbocycles. The molecule has 0 aliphatic carbocycles. The van der Waals surface area contributed by atoms with Crippen LogP contribution >= 0.6 is 0 Å². The molecule has 0 bridgehead atoms. The second-order valence-electron chi connectivity index (χ2n) is 5.26. The van der Waals surface area contributed by atoms with Gasteiger partial charge in [0.2, 0.25) is 10.0 Å². The Balaban J connectivity index is 2.31. The fraction of sp³-hybridized carbons (Fsp3) is 0.615. The molecule has 1 aliphatic heterocycles. The average molecular weight is 314 g/mol. The molecule has 118 valence electrons. The summed E-state index contributed by atoms with van der Waals surface area (Å²) < 4.78 is 27.0. The number of anilines is 1. The second-order valence-corrected chi connectivity index (χ2v) is 7.12. The first kappa shape index (κ1) is 16.2. The Bertz CT molecular complexity index is 571. The van der Waals surface area contributed by atoms with Crippen LogP contribution in [0, 0.1) is 0 Å². The minimum atomic E-state index is -3.74. The van der Waals surface area contributed by atoms with Crippen LogP contribution in [0.25, 0.3) is 0 Å². The molecule has 1 saturated heterocycles. The zero-order valence-electron chi connectivity index (χ0n) is 12.1. The topological polar surface area (TPSA) is 99.8 Å². The van der Waals surface area contributed by atoms with Crippen molar-refractivity contribution >= 4 is 15.8 Å². The van der Waals surface area contributed by atoms with E-state index in [-0.39, 0.29) is 29.9 Å².